The van der Waals surface area contributed by atoms with Gasteiger partial charge in [-0.2, -0.15) is 0 Å². The summed E-state index contributed by atoms with van der Waals surface area (Å²) in [6, 6.07) is 9.20. The van der Waals surface area contributed by atoms with Crippen molar-refractivity contribution in [2.45, 2.75) is 38.3 Å². The average Bonchev–Trinajstić information content (AvgIpc) is 3.16. The molecule has 2 heterocycles. The van der Waals surface area contributed by atoms with E-state index in [0.29, 0.717) is 11.6 Å². The Bertz CT molecular complexity index is 796. The van der Waals surface area contributed by atoms with E-state index >= 15 is 0 Å². The molecule has 2 bridgehead atoms. The van der Waals surface area contributed by atoms with Gasteiger partial charge in [-0.25, -0.2) is 23.5 Å². The van der Waals surface area contributed by atoms with Crippen LogP contribution in [-0.4, -0.2) is 13.9 Å². The Kier molecular flexibility index (Phi) is 2.96. The molecule has 2 aromatic rings. The minimum absolute atomic E-state index is 0.0294. The molecule has 1 aromatic heterocycles. The Morgan fingerprint density at radius 2 is 1.55 bits per heavy atom. The fourth-order valence-corrected chi connectivity index (χ4v) is 3.83. The summed E-state index contributed by atoms with van der Waals surface area (Å²) in [6.45, 7) is 2.17. The van der Waals surface area contributed by atoms with E-state index in [2.05, 4.69) is 19.1 Å². The second kappa shape index (κ2) is 4.87. The molecule has 1 aliphatic carbocycles. The summed E-state index contributed by atoms with van der Waals surface area (Å²) < 4.78 is 4.59. The highest BCUT2D eigenvalue weighted by Crippen LogP contribution is 2.44. The zero-order chi connectivity index (χ0) is 15.3. The second-order valence-corrected chi connectivity index (χ2v) is 6.10. The number of unbranched alkanes of at least 4 members (excludes halogenated alkanes) is 1. The van der Waals surface area contributed by atoms with Crippen LogP contribution in [0.1, 0.15) is 38.3 Å². The molecule has 0 fully saturated rings. The van der Waals surface area contributed by atoms with Crippen molar-refractivity contribution in [3.05, 3.63) is 63.5 Å². The number of hydrogen-bond donors (Lipinski definition) is 0. The molecule has 5 heteroatoms. The third-order valence-electron chi connectivity index (χ3n) is 4.86. The molecule has 0 spiro atoms. The fraction of sp³-hybridized carbons (Fsp3) is 0.412. The number of fused-ring (bicyclic) bond motifs is 5. The molecule has 4 rings (SSSR count). The molecule has 0 N–H and O–H groups in total. The molecule has 0 saturated carbocycles. The first kappa shape index (κ1) is 13.4. The molecule has 0 saturated heterocycles. The number of hydrogen-bond acceptors (Lipinski definition) is 2. The lowest BCUT2D eigenvalue weighted by Crippen LogP contribution is -2.30. The van der Waals surface area contributed by atoms with E-state index in [4.69, 9.17) is 0 Å². The number of para-hydroxylation sites is 1. The first-order chi connectivity index (χ1) is 10.7. The van der Waals surface area contributed by atoms with E-state index in [1.165, 1.54) is 4.57 Å². The van der Waals surface area contributed by atoms with Crippen molar-refractivity contribution in [3.63, 3.8) is 0 Å². The lowest BCUT2D eigenvalue weighted by molar-refractivity contribution is 0.392. The zero-order valence-electron chi connectivity index (χ0n) is 12.6. The molecule has 5 nitrogen and oxygen atoms in total. The quantitative estimate of drug-likeness (QED) is 0.813. The van der Waals surface area contributed by atoms with E-state index in [1.807, 2.05) is 18.2 Å². The molecular weight excluding hydrogens is 278 g/mol. The van der Waals surface area contributed by atoms with Crippen molar-refractivity contribution >= 4 is 0 Å². The third kappa shape index (κ3) is 1.65. The van der Waals surface area contributed by atoms with Gasteiger partial charge in [0.1, 0.15) is 0 Å². The van der Waals surface area contributed by atoms with Gasteiger partial charge in [-0.3, -0.25) is 0 Å². The van der Waals surface area contributed by atoms with Crippen LogP contribution in [0.2, 0.25) is 0 Å². The van der Waals surface area contributed by atoms with Crippen LogP contribution in [0.25, 0.3) is 5.69 Å². The molecule has 1 aliphatic heterocycles. The summed E-state index contributed by atoms with van der Waals surface area (Å²) in [7, 11) is 0. The molecular formula is C17H19N3O2. The van der Waals surface area contributed by atoms with Crippen LogP contribution >= 0.6 is 0 Å². The van der Waals surface area contributed by atoms with Crippen LogP contribution in [0.15, 0.2) is 52.1 Å². The predicted octanol–water partition coefficient (Wildman–Crippen LogP) is 2.27. The van der Waals surface area contributed by atoms with E-state index < -0.39 is 0 Å². The van der Waals surface area contributed by atoms with Crippen LogP contribution in [0.4, 0.5) is 0 Å². The van der Waals surface area contributed by atoms with Crippen molar-refractivity contribution in [1.82, 2.24) is 13.9 Å². The van der Waals surface area contributed by atoms with Crippen LogP contribution in [0.3, 0.4) is 0 Å². The molecule has 114 valence electrons. The highest BCUT2D eigenvalue weighted by molar-refractivity contribution is 5.31. The van der Waals surface area contributed by atoms with Gasteiger partial charge in [0, 0.05) is 5.92 Å². The summed E-state index contributed by atoms with van der Waals surface area (Å²) in [5.41, 5.74) is 0.181. The van der Waals surface area contributed by atoms with E-state index in [1.54, 1.807) is 21.5 Å². The number of nitrogens with zero attached hydrogens (tertiary/aromatic N) is 3. The number of aromatic nitrogens is 3. The summed E-state index contributed by atoms with van der Waals surface area (Å²) in [5, 5.41) is 0. The lowest BCUT2D eigenvalue weighted by atomic mass is 9.94. The maximum atomic E-state index is 12.8. The largest absolute Gasteiger partial charge is 0.352 e. The van der Waals surface area contributed by atoms with Crippen molar-refractivity contribution in [2.75, 3.05) is 0 Å². The zero-order valence-corrected chi connectivity index (χ0v) is 12.6. The number of allylic oxidation sites excluding steroid dienone is 2. The van der Waals surface area contributed by atoms with Gasteiger partial charge >= 0.3 is 11.4 Å². The van der Waals surface area contributed by atoms with Crippen molar-refractivity contribution in [1.29, 1.82) is 0 Å². The van der Waals surface area contributed by atoms with E-state index in [0.717, 1.165) is 19.3 Å². The first-order valence-electron chi connectivity index (χ1n) is 7.94. The van der Waals surface area contributed by atoms with Gasteiger partial charge in [0.05, 0.1) is 17.8 Å². The molecule has 1 aromatic carbocycles. The van der Waals surface area contributed by atoms with Gasteiger partial charge in [-0.15, -0.1) is 0 Å². The second-order valence-electron chi connectivity index (χ2n) is 6.10. The summed E-state index contributed by atoms with van der Waals surface area (Å²) in [5.74, 6) is 0.353. The number of benzene rings is 1. The molecule has 3 atom stereocenters. The average molecular weight is 297 g/mol. The minimum Gasteiger partial charge on any atom is -0.245 e. The van der Waals surface area contributed by atoms with Gasteiger partial charge in [-0.1, -0.05) is 50.1 Å². The molecule has 1 unspecified atom stereocenters. The minimum atomic E-state index is -0.227. The Morgan fingerprint density at radius 3 is 2.09 bits per heavy atom. The Hall–Kier alpha value is -2.30. The van der Waals surface area contributed by atoms with Gasteiger partial charge in [0.15, 0.2) is 0 Å². The van der Waals surface area contributed by atoms with Gasteiger partial charge in [-0.05, 0) is 18.6 Å². The molecule has 0 amide bonds. The Morgan fingerprint density at radius 1 is 0.955 bits per heavy atom. The third-order valence-corrected chi connectivity index (χ3v) is 4.86. The van der Waals surface area contributed by atoms with E-state index in [9.17, 15) is 9.59 Å². The van der Waals surface area contributed by atoms with Gasteiger partial charge < -0.3 is 0 Å². The smallest absolute Gasteiger partial charge is 0.245 e. The Balaban J connectivity index is 1.83. The highest BCUT2D eigenvalue weighted by atomic mass is 16.2. The van der Waals surface area contributed by atoms with Crippen molar-refractivity contribution in [3.8, 4) is 5.69 Å². The van der Waals surface area contributed by atoms with Crippen LogP contribution in [-0.2, 0) is 0 Å². The molecule has 22 heavy (non-hydrogen) atoms. The summed E-state index contributed by atoms with van der Waals surface area (Å²) in [6.07, 6.45) is 7.49. The van der Waals surface area contributed by atoms with Gasteiger partial charge in [0.25, 0.3) is 0 Å². The Labute approximate surface area is 128 Å². The van der Waals surface area contributed by atoms with Crippen molar-refractivity contribution in [2.24, 2.45) is 5.92 Å². The van der Waals surface area contributed by atoms with Crippen LogP contribution in [0.5, 0.6) is 0 Å². The monoisotopic (exact) mass is 297 g/mol. The topological polar surface area (TPSA) is 48.9 Å². The van der Waals surface area contributed by atoms with E-state index in [-0.39, 0.29) is 23.5 Å². The highest BCUT2D eigenvalue weighted by Gasteiger charge is 2.45. The summed E-state index contributed by atoms with van der Waals surface area (Å²) in [4.78, 5) is 25.5. The van der Waals surface area contributed by atoms with Crippen LogP contribution in [0, 0.1) is 5.92 Å². The van der Waals surface area contributed by atoms with Gasteiger partial charge in [0.2, 0.25) is 0 Å². The van der Waals surface area contributed by atoms with Crippen LogP contribution < -0.4 is 11.4 Å². The van der Waals surface area contributed by atoms with Crippen molar-refractivity contribution < 1.29 is 0 Å². The molecule has 0 radical (unpaired) electrons. The first-order valence-corrected chi connectivity index (χ1v) is 7.94. The maximum absolute atomic E-state index is 12.8. The fourth-order valence-electron chi connectivity index (χ4n) is 3.83. The maximum Gasteiger partial charge on any atom is 0.352 e. The molecule has 2 aliphatic rings. The predicted molar refractivity (Wildman–Crippen MR) is 84.5 cm³/mol. The number of rotatable bonds is 4. The SMILES string of the molecule is CCCCC1[C@H]2C=C[C@@H]1n1c(=O)n(-c3ccccc3)c(=O)n12. The summed E-state index contributed by atoms with van der Waals surface area (Å²) >= 11 is 0. The lowest BCUT2D eigenvalue weighted by Gasteiger charge is -2.14. The normalized spacial score (nSPS) is 24.9. The standard InChI is InChI=1S/C17H19N3O2/c1-2-3-9-13-14-10-11-15(13)20-17(22)18(16(21)19(14)20)12-7-5-4-6-8-12/h4-8,10-11,13-15H,2-3,9H2,1H3/t13?,14-,15+.